The maximum Gasteiger partial charge on any atom is 0.253 e. The fraction of sp³-hybridized carbons (Fsp3) is 0.238. The number of carbonyl (C=O) groups is 1. The number of hydrogen-bond donors (Lipinski definition) is 2. The Labute approximate surface area is 182 Å². The summed E-state index contributed by atoms with van der Waals surface area (Å²) >= 11 is 7.67. The molecule has 1 fully saturated rings. The van der Waals surface area contributed by atoms with Gasteiger partial charge < -0.3 is 10.6 Å². The molecule has 2 atom stereocenters. The molecule has 7 nitrogen and oxygen atoms in total. The Balaban J connectivity index is 1.33. The summed E-state index contributed by atoms with van der Waals surface area (Å²) in [5.41, 5.74) is 2.09. The third-order valence-electron chi connectivity index (χ3n) is 5.27. The van der Waals surface area contributed by atoms with Crippen molar-refractivity contribution in [3.63, 3.8) is 0 Å². The summed E-state index contributed by atoms with van der Waals surface area (Å²) in [6, 6.07) is 13.2. The molecular weight excluding hydrogens is 420 g/mol. The van der Waals surface area contributed by atoms with Crippen molar-refractivity contribution in [2.75, 3.05) is 5.32 Å². The summed E-state index contributed by atoms with van der Waals surface area (Å²) in [4.78, 5) is 19.2. The number of nitrogens with one attached hydrogen (secondary N) is 2. The summed E-state index contributed by atoms with van der Waals surface area (Å²) in [5.74, 6) is -0.127. The molecule has 1 amide bonds. The highest BCUT2D eigenvalue weighted by Gasteiger charge is 2.30. The number of para-hydroxylation sites is 1. The molecule has 0 unspecified atom stereocenters. The maximum atomic E-state index is 13.1. The van der Waals surface area contributed by atoms with Crippen molar-refractivity contribution in [1.29, 1.82) is 0 Å². The maximum absolute atomic E-state index is 13.1. The zero-order valence-electron chi connectivity index (χ0n) is 16.0. The average molecular weight is 439 g/mol. The van der Waals surface area contributed by atoms with Crippen molar-refractivity contribution in [2.45, 2.75) is 31.3 Å². The van der Waals surface area contributed by atoms with E-state index in [-0.39, 0.29) is 18.0 Å². The molecule has 30 heavy (non-hydrogen) atoms. The molecule has 0 aliphatic heterocycles. The van der Waals surface area contributed by atoms with E-state index in [1.807, 2.05) is 36.4 Å². The molecule has 4 aromatic rings. The smallest absolute Gasteiger partial charge is 0.253 e. The normalized spacial score (nSPS) is 18.6. The second-order valence-electron chi connectivity index (χ2n) is 7.23. The predicted molar refractivity (Wildman–Crippen MR) is 119 cm³/mol. The second kappa shape index (κ2) is 8.04. The van der Waals surface area contributed by atoms with Crippen LogP contribution in [0.1, 0.15) is 29.6 Å². The minimum absolute atomic E-state index is 0.0201. The fourth-order valence-electron chi connectivity index (χ4n) is 3.85. The monoisotopic (exact) mass is 438 g/mol. The Hall–Kier alpha value is -2.97. The van der Waals surface area contributed by atoms with E-state index in [9.17, 15) is 4.79 Å². The zero-order valence-corrected chi connectivity index (χ0v) is 17.5. The Bertz CT molecular complexity index is 1190. The van der Waals surface area contributed by atoms with Gasteiger partial charge in [0.15, 0.2) is 5.13 Å². The molecule has 0 radical (unpaired) electrons. The van der Waals surface area contributed by atoms with Crippen LogP contribution in [0.3, 0.4) is 0 Å². The largest absolute Gasteiger partial charge is 0.357 e. The first-order valence-corrected chi connectivity index (χ1v) is 11.0. The quantitative estimate of drug-likeness (QED) is 0.485. The van der Waals surface area contributed by atoms with Crippen molar-refractivity contribution in [1.82, 2.24) is 25.3 Å². The number of aromatic nitrogens is 4. The van der Waals surface area contributed by atoms with Crippen LogP contribution in [0.15, 0.2) is 54.9 Å². The lowest BCUT2D eigenvalue weighted by Gasteiger charge is -2.22. The van der Waals surface area contributed by atoms with Gasteiger partial charge in [-0.3, -0.25) is 4.79 Å². The topological polar surface area (TPSA) is 84.7 Å². The van der Waals surface area contributed by atoms with Gasteiger partial charge in [0.25, 0.3) is 5.91 Å². The van der Waals surface area contributed by atoms with Gasteiger partial charge in [-0.15, -0.1) is 0 Å². The summed E-state index contributed by atoms with van der Waals surface area (Å²) in [6.07, 6.45) is 6.13. The van der Waals surface area contributed by atoms with E-state index >= 15 is 0 Å². The molecule has 5 rings (SSSR count). The van der Waals surface area contributed by atoms with Crippen LogP contribution in [-0.2, 0) is 0 Å². The molecular formula is C21H19ClN6OS. The fourth-order valence-corrected chi connectivity index (χ4v) is 4.93. The minimum Gasteiger partial charge on any atom is -0.357 e. The third kappa shape index (κ3) is 3.76. The Morgan fingerprint density at radius 3 is 2.77 bits per heavy atom. The summed E-state index contributed by atoms with van der Waals surface area (Å²) in [7, 11) is 0. The lowest BCUT2D eigenvalue weighted by atomic mass is 10.1. The van der Waals surface area contributed by atoms with E-state index < -0.39 is 0 Å². The van der Waals surface area contributed by atoms with Gasteiger partial charge in [-0.05, 0) is 49.6 Å². The van der Waals surface area contributed by atoms with Gasteiger partial charge in [-0.1, -0.05) is 35.1 Å². The predicted octanol–water partition coefficient (Wildman–Crippen LogP) is 4.29. The first-order chi connectivity index (χ1) is 14.7. The number of anilines is 1. The molecule has 1 aliphatic carbocycles. The molecule has 0 bridgehead atoms. The van der Waals surface area contributed by atoms with Crippen LogP contribution in [0.4, 0.5) is 5.13 Å². The Morgan fingerprint density at radius 2 is 1.90 bits per heavy atom. The molecule has 9 heteroatoms. The van der Waals surface area contributed by atoms with Gasteiger partial charge in [0.05, 0.1) is 33.9 Å². The van der Waals surface area contributed by atoms with E-state index in [0.717, 1.165) is 34.6 Å². The molecule has 1 saturated carbocycles. The van der Waals surface area contributed by atoms with E-state index in [1.165, 1.54) is 4.80 Å². The first-order valence-electron chi connectivity index (χ1n) is 9.76. The van der Waals surface area contributed by atoms with Crippen LogP contribution < -0.4 is 10.6 Å². The summed E-state index contributed by atoms with van der Waals surface area (Å²) in [6.45, 7) is 0. The van der Waals surface area contributed by atoms with E-state index in [2.05, 4.69) is 25.8 Å². The lowest BCUT2D eigenvalue weighted by Crippen LogP contribution is -2.43. The molecule has 152 valence electrons. The zero-order chi connectivity index (χ0) is 20.5. The molecule has 1 aliphatic rings. The first kappa shape index (κ1) is 19.0. The van der Waals surface area contributed by atoms with Gasteiger partial charge >= 0.3 is 0 Å². The van der Waals surface area contributed by atoms with Crippen LogP contribution >= 0.6 is 22.9 Å². The van der Waals surface area contributed by atoms with Gasteiger partial charge in [-0.2, -0.15) is 15.0 Å². The van der Waals surface area contributed by atoms with Crippen molar-refractivity contribution >= 4 is 44.2 Å². The van der Waals surface area contributed by atoms with E-state index in [0.29, 0.717) is 16.3 Å². The SMILES string of the molecule is O=C(N[C@@H]1CCC[C@@H]1Nc1nc2cc(Cl)ccc2s1)c1ccccc1-n1nccn1. The summed E-state index contributed by atoms with van der Waals surface area (Å²) in [5, 5.41) is 16.6. The Kier molecular flexibility index (Phi) is 5.10. The second-order valence-corrected chi connectivity index (χ2v) is 8.70. The number of halogens is 1. The van der Waals surface area contributed by atoms with Crippen molar-refractivity contribution in [2.24, 2.45) is 0 Å². The summed E-state index contributed by atoms with van der Waals surface area (Å²) < 4.78 is 1.08. The number of thiazole rings is 1. The Morgan fingerprint density at radius 1 is 1.10 bits per heavy atom. The van der Waals surface area contributed by atoms with Crippen LogP contribution in [0, 0.1) is 0 Å². The molecule has 2 aromatic heterocycles. The molecule has 0 spiro atoms. The standard InChI is InChI=1S/C21H19ClN6OS/c22-13-8-9-19-17(12-13)27-21(30-19)26-16-6-3-5-15(16)25-20(29)14-4-1-2-7-18(14)28-23-10-11-24-28/h1-2,4,7-12,15-16H,3,5-6H2,(H,25,29)(H,26,27)/t15-,16+/m1/s1. The highest BCUT2D eigenvalue weighted by molar-refractivity contribution is 7.22. The highest BCUT2D eigenvalue weighted by Crippen LogP contribution is 2.31. The van der Waals surface area contributed by atoms with Crippen LogP contribution in [0.2, 0.25) is 5.02 Å². The number of hydrogen-bond acceptors (Lipinski definition) is 6. The van der Waals surface area contributed by atoms with Crippen molar-refractivity contribution < 1.29 is 4.79 Å². The van der Waals surface area contributed by atoms with Gasteiger partial charge in [0, 0.05) is 17.1 Å². The van der Waals surface area contributed by atoms with Crippen molar-refractivity contribution in [3.8, 4) is 5.69 Å². The molecule has 2 aromatic carbocycles. The molecule has 2 heterocycles. The lowest BCUT2D eigenvalue weighted by molar-refractivity contribution is 0.0935. The van der Waals surface area contributed by atoms with E-state index in [1.54, 1.807) is 29.8 Å². The minimum atomic E-state index is -0.127. The van der Waals surface area contributed by atoms with Gasteiger partial charge in [-0.25, -0.2) is 4.98 Å². The van der Waals surface area contributed by atoms with Gasteiger partial charge in [0.2, 0.25) is 0 Å². The van der Waals surface area contributed by atoms with Gasteiger partial charge in [0.1, 0.15) is 0 Å². The average Bonchev–Trinajstić information content (AvgIpc) is 3.49. The van der Waals surface area contributed by atoms with Crippen molar-refractivity contribution in [3.05, 3.63) is 65.4 Å². The van der Waals surface area contributed by atoms with Crippen LogP contribution in [-0.4, -0.2) is 38.0 Å². The third-order valence-corrected chi connectivity index (χ3v) is 6.48. The number of carbonyl (C=O) groups excluding carboxylic acids is 1. The molecule has 0 saturated heterocycles. The van der Waals surface area contributed by atoms with Crippen LogP contribution in [0.5, 0.6) is 0 Å². The van der Waals surface area contributed by atoms with E-state index in [4.69, 9.17) is 11.6 Å². The van der Waals surface area contributed by atoms with Crippen LogP contribution in [0.25, 0.3) is 15.9 Å². The number of rotatable bonds is 5. The number of fused-ring (bicyclic) bond motifs is 1. The highest BCUT2D eigenvalue weighted by atomic mass is 35.5. The molecule has 2 N–H and O–H groups in total. The number of benzene rings is 2. The number of amides is 1. The number of nitrogens with zero attached hydrogens (tertiary/aromatic N) is 4.